The Morgan fingerprint density at radius 2 is 1.78 bits per heavy atom. The maximum atomic E-state index is 12.2. The van der Waals surface area contributed by atoms with Gasteiger partial charge < -0.3 is 29.0 Å². The molecule has 8 heteroatoms. The summed E-state index contributed by atoms with van der Waals surface area (Å²) in [5, 5.41) is 6.80. The van der Waals surface area contributed by atoms with Crippen molar-refractivity contribution in [1.82, 2.24) is 15.4 Å². The molecule has 2 rings (SSSR count). The van der Waals surface area contributed by atoms with Gasteiger partial charge >= 0.3 is 0 Å². The number of nitrogens with one attached hydrogen (secondary N) is 1. The number of hydrogen-bond acceptors (Lipinski definition) is 7. The van der Waals surface area contributed by atoms with Gasteiger partial charge in [0, 0.05) is 12.6 Å². The molecule has 148 valence electrons. The lowest BCUT2D eigenvalue weighted by molar-refractivity contribution is -0.120. The third-order valence-corrected chi connectivity index (χ3v) is 4.21. The first-order valence-corrected chi connectivity index (χ1v) is 8.54. The molecule has 1 aromatic carbocycles. The second kappa shape index (κ2) is 9.27. The topological polar surface area (TPSA) is 86.1 Å². The van der Waals surface area contributed by atoms with E-state index < -0.39 is 0 Å². The van der Waals surface area contributed by atoms with Crippen molar-refractivity contribution in [1.29, 1.82) is 0 Å². The third kappa shape index (κ3) is 5.13. The fourth-order valence-corrected chi connectivity index (χ4v) is 2.83. The highest BCUT2D eigenvalue weighted by molar-refractivity contribution is 5.78. The first-order valence-electron chi connectivity index (χ1n) is 8.54. The molecule has 1 unspecified atom stereocenters. The Hall–Kier alpha value is -2.74. The fraction of sp³-hybridized carbons (Fsp3) is 0.474. The molecule has 0 aliphatic carbocycles. The first-order chi connectivity index (χ1) is 12.9. The predicted octanol–water partition coefficient (Wildman–Crippen LogP) is 1.97. The zero-order valence-electron chi connectivity index (χ0n) is 16.7. The molecule has 0 spiro atoms. The zero-order chi connectivity index (χ0) is 20.0. The summed E-state index contributed by atoms with van der Waals surface area (Å²) in [7, 11) is 8.61. The molecule has 1 amide bonds. The van der Waals surface area contributed by atoms with Crippen molar-refractivity contribution in [2.75, 3.05) is 42.0 Å². The molecule has 0 bridgehead atoms. The molecule has 0 radical (unpaired) electrons. The smallest absolute Gasteiger partial charge is 0.226 e. The molecular formula is C19H27N3O5. The van der Waals surface area contributed by atoms with Crippen molar-refractivity contribution < 1.29 is 23.5 Å². The zero-order valence-corrected chi connectivity index (χ0v) is 16.7. The molecule has 1 N–H and O–H groups in total. The van der Waals surface area contributed by atoms with E-state index in [9.17, 15) is 4.79 Å². The van der Waals surface area contributed by atoms with Crippen LogP contribution < -0.4 is 19.5 Å². The number of methoxy groups -OCH3 is 3. The van der Waals surface area contributed by atoms with Crippen LogP contribution in [0.15, 0.2) is 22.7 Å². The molecule has 2 aromatic rings. The monoisotopic (exact) mass is 377 g/mol. The summed E-state index contributed by atoms with van der Waals surface area (Å²) in [6, 6.07) is 5.45. The van der Waals surface area contributed by atoms with E-state index in [1.165, 1.54) is 0 Å². The lowest BCUT2D eigenvalue weighted by Gasteiger charge is -2.26. The summed E-state index contributed by atoms with van der Waals surface area (Å²) in [6.45, 7) is 2.21. The van der Waals surface area contributed by atoms with Crippen LogP contribution in [0.4, 0.5) is 0 Å². The SMILES string of the molecule is COc1cc(C(CNC(=O)Cc2cc(C)on2)N(C)C)cc(OC)c1OC. The third-order valence-electron chi connectivity index (χ3n) is 4.21. The molecular weight excluding hydrogens is 350 g/mol. The van der Waals surface area contributed by atoms with Crippen molar-refractivity contribution in [2.24, 2.45) is 0 Å². The minimum absolute atomic E-state index is 0.0818. The Labute approximate surface area is 159 Å². The van der Waals surface area contributed by atoms with Gasteiger partial charge in [0.1, 0.15) is 5.76 Å². The Kier molecular flexibility index (Phi) is 7.06. The number of rotatable bonds is 9. The molecule has 0 saturated carbocycles. The van der Waals surface area contributed by atoms with Gasteiger partial charge in [0.15, 0.2) is 11.5 Å². The predicted molar refractivity (Wildman–Crippen MR) is 100 cm³/mol. The van der Waals surface area contributed by atoms with Gasteiger partial charge in [-0.1, -0.05) is 5.16 Å². The number of likely N-dealkylation sites (N-methyl/N-ethyl adjacent to an activating group) is 1. The van der Waals surface area contributed by atoms with Crippen LogP contribution >= 0.6 is 0 Å². The number of benzene rings is 1. The highest BCUT2D eigenvalue weighted by Crippen LogP contribution is 2.40. The highest BCUT2D eigenvalue weighted by Gasteiger charge is 2.21. The van der Waals surface area contributed by atoms with Crippen LogP contribution in [-0.2, 0) is 11.2 Å². The van der Waals surface area contributed by atoms with Crippen LogP contribution in [-0.4, -0.2) is 57.9 Å². The van der Waals surface area contributed by atoms with Gasteiger partial charge in [0.25, 0.3) is 0 Å². The van der Waals surface area contributed by atoms with Crippen molar-refractivity contribution in [3.8, 4) is 17.2 Å². The largest absolute Gasteiger partial charge is 0.493 e. The molecule has 1 heterocycles. The Morgan fingerprint density at radius 1 is 1.15 bits per heavy atom. The van der Waals surface area contributed by atoms with E-state index in [4.69, 9.17) is 18.7 Å². The average molecular weight is 377 g/mol. The number of aromatic nitrogens is 1. The van der Waals surface area contributed by atoms with E-state index >= 15 is 0 Å². The number of amides is 1. The van der Waals surface area contributed by atoms with E-state index in [1.54, 1.807) is 34.3 Å². The quantitative estimate of drug-likeness (QED) is 0.715. The second-order valence-corrected chi connectivity index (χ2v) is 6.35. The minimum atomic E-state index is -0.123. The van der Waals surface area contributed by atoms with Crippen LogP contribution in [0, 0.1) is 6.92 Å². The van der Waals surface area contributed by atoms with Gasteiger partial charge in [0.2, 0.25) is 11.7 Å². The summed E-state index contributed by atoms with van der Waals surface area (Å²) >= 11 is 0. The van der Waals surface area contributed by atoms with E-state index in [1.807, 2.05) is 31.1 Å². The van der Waals surface area contributed by atoms with Gasteiger partial charge in [-0.15, -0.1) is 0 Å². The lowest BCUT2D eigenvalue weighted by Crippen LogP contribution is -2.35. The number of carbonyl (C=O) groups excluding carboxylic acids is 1. The average Bonchev–Trinajstić information content (AvgIpc) is 3.05. The molecule has 0 fully saturated rings. The number of ether oxygens (including phenoxy) is 3. The van der Waals surface area contributed by atoms with Crippen LogP contribution in [0.1, 0.15) is 23.1 Å². The second-order valence-electron chi connectivity index (χ2n) is 6.35. The van der Waals surface area contributed by atoms with Gasteiger partial charge in [0.05, 0.1) is 39.5 Å². The van der Waals surface area contributed by atoms with Crippen LogP contribution in [0.25, 0.3) is 0 Å². The molecule has 1 atom stereocenters. The van der Waals surface area contributed by atoms with Gasteiger partial charge in [-0.3, -0.25) is 4.79 Å². The maximum absolute atomic E-state index is 12.2. The van der Waals surface area contributed by atoms with Crippen molar-refractivity contribution in [3.63, 3.8) is 0 Å². The molecule has 0 aliphatic rings. The minimum Gasteiger partial charge on any atom is -0.493 e. The summed E-state index contributed by atoms with van der Waals surface area (Å²) in [5.74, 6) is 2.24. The number of carbonyl (C=O) groups is 1. The van der Waals surface area contributed by atoms with E-state index in [-0.39, 0.29) is 18.4 Å². The summed E-state index contributed by atoms with van der Waals surface area (Å²) in [4.78, 5) is 14.3. The number of nitrogens with zero attached hydrogens (tertiary/aromatic N) is 2. The van der Waals surface area contributed by atoms with Gasteiger partial charge in [-0.25, -0.2) is 0 Å². The molecule has 27 heavy (non-hydrogen) atoms. The van der Waals surface area contributed by atoms with Gasteiger partial charge in [-0.05, 0) is 38.7 Å². The Morgan fingerprint density at radius 3 is 2.22 bits per heavy atom. The molecule has 8 nitrogen and oxygen atoms in total. The summed E-state index contributed by atoms with van der Waals surface area (Å²) < 4.78 is 21.2. The Bertz CT molecular complexity index is 747. The van der Waals surface area contributed by atoms with Gasteiger partial charge in [-0.2, -0.15) is 0 Å². The molecule has 0 aliphatic heterocycles. The molecule has 0 saturated heterocycles. The van der Waals surface area contributed by atoms with E-state index in [0.29, 0.717) is 35.2 Å². The lowest BCUT2D eigenvalue weighted by atomic mass is 10.0. The van der Waals surface area contributed by atoms with Crippen molar-refractivity contribution in [3.05, 3.63) is 35.2 Å². The van der Waals surface area contributed by atoms with E-state index in [0.717, 1.165) is 5.56 Å². The standard InChI is InChI=1S/C19H27N3O5/c1-12-7-14(21-27-12)10-18(23)20-11-15(22(2)3)13-8-16(24-4)19(26-6)17(9-13)25-5/h7-9,15H,10-11H2,1-6H3,(H,20,23). The molecule has 1 aromatic heterocycles. The number of aryl methyl sites for hydroxylation is 1. The highest BCUT2D eigenvalue weighted by atomic mass is 16.5. The fourth-order valence-electron chi connectivity index (χ4n) is 2.83. The van der Waals surface area contributed by atoms with Crippen LogP contribution in [0.2, 0.25) is 0 Å². The van der Waals surface area contributed by atoms with Crippen molar-refractivity contribution in [2.45, 2.75) is 19.4 Å². The van der Waals surface area contributed by atoms with E-state index in [2.05, 4.69) is 10.5 Å². The summed E-state index contributed by atoms with van der Waals surface area (Å²) in [6.07, 6.45) is 0.173. The first kappa shape index (κ1) is 20.6. The van der Waals surface area contributed by atoms with Crippen LogP contribution in [0.3, 0.4) is 0 Å². The normalized spacial score (nSPS) is 12.0. The number of hydrogen-bond donors (Lipinski definition) is 1. The maximum Gasteiger partial charge on any atom is 0.226 e. The van der Waals surface area contributed by atoms with Crippen LogP contribution in [0.5, 0.6) is 17.2 Å². The van der Waals surface area contributed by atoms with Crippen molar-refractivity contribution >= 4 is 5.91 Å². The Balaban J connectivity index is 2.15. The summed E-state index contributed by atoms with van der Waals surface area (Å²) in [5.41, 5.74) is 1.55.